The fourth-order valence-electron chi connectivity index (χ4n) is 11.4. The Kier molecular flexibility index (Phi) is 6.07. The van der Waals surface area contributed by atoms with Crippen LogP contribution in [-0.2, 0) is 0 Å². The molecular weight excluding hydrogens is 670 g/mol. The van der Waals surface area contributed by atoms with E-state index in [9.17, 15) is 0 Å². The fourth-order valence-corrected chi connectivity index (χ4v) is 11.4. The van der Waals surface area contributed by atoms with E-state index < -0.39 is 0 Å². The summed E-state index contributed by atoms with van der Waals surface area (Å²) < 4.78 is 17.9. The second-order valence-corrected chi connectivity index (χ2v) is 17.0. The maximum absolute atomic E-state index is 6.06. The van der Waals surface area contributed by atoms with Crippen molar-refractivity contribution in [1.29, 1.82) is 0 Å². The van der Waals surface area contributed by atoms with Crippen molar-refractivity contribution in [3.05, 3.63) is 102 Å². The normalized spacial score (nSPS) is 13.7. The lowest BCUT2D eigenvalue weighted by molar-refractivity contribution is 0.414. The molecule has 8 aromatic carbocycles. The number of aryl methyl sites for hydroxylation is 1. The molecule has 55 heavy (non-hydrogen) atoms. The molecule has 264 valence electrons. The monoisotopic (exact) mass is 710 g/mol. The topological polar surface area (TPSA) is 27.7 Å². The molecule has 0 aliphatic carbocycles. The van der Waals surface area contributed by atoms with Crippen LogP contribution in [0.4, 0.5) is 0 Å². The smallest absolute Gasteiger partial charge is 0.244 e. The second-order valence-electron chi connectivity index (χ2n) is 17.0. The molecule has 4 aliphatic heterocycles. The van der Waals surface area contributed by atoms with Gasteiger partial charge in [0.2, 0.25) is 13.4 Å². The summed E-state index contributed by atoms with van der Waals surface area (Å²) in [5, 5.41) is 8.43. The zero-order valence-electron chi connectivity index (χ0n) is 32.6. The van der Waals surface area contributed by atoms with Crippen molar-refractivity contribution in [2.24, 2.45) is 0 Å². The summed E-state index contributed by atoms with van der Waals surface area (Å²) in [5.41, 5.74) is 22.9. The average molecular weight is 710 g/mol. The third-order valence-electron chi connectivity index (χ3n) is 13.7. The highest BCUT2D eigenvalue weighted by molar-refractivity contribution is 7.03. The molecule has 0 bridgehead atoms. The molecule has 4 heterocycles. The first-order chi connectivity index (χ1) is 26.7. The SMILES string of the molecule is COc1ccc2c(c1)-c1cc(OC)cc3c1B2c1cc2c(C(C)C)cc4c5c(cc6c(C(C)C)cc-3c1c6c25)B1c2ccc(C)cc2-c2cc(OC)cc-4c21. The van der Waals surface area contributed by atoms with Crippen LogP contribution in [0.2, 0.25) is 0 Å². The molecule has 5 heteroatoms. The van der Waals surface area contributed by atoms with Gasteiger partial charge in [-0.2, -0.15) is 0 Å². The largest absolute Gasteiger partial charge is 0.497 e. The van der Waals surface area contributed by atoms with E-state index in [1.807, 2.05) is 0 Å². The van der Waals surface area contributed by atoms with E-state index in [4.69, 9.17) is 14.2 Å². The summed E-state index contributed by atoms with van der Waals surface area (Å²) in [5.74, 6) is 3.34. The highest BCUT2D eigenvalue weighted by atomic mass is 16.5. The van der Waals surface area contributed by atoms with E-state index in [1.54, 1.807) is 21.3 Å². The van der Waals surface area contributed by atoms with Gasteiger partial charge in [-0.1, -0.05) is 102 Å². The van der Waals surface area contributed by atoms with Crippen molar-refractivity contribution in [1.82, 2.24) is 0 Å². The number of benzene rings is 8. The Morgan fingerprint density at radius 2 is 0.818 bits per heavy atom. The van der Waals surface area contributed by atoms with Gasteiger partial charge in [0.25, 0.3) is 0 Å². The molecule has 0 fully saturated rings. The lowest BCUT2D eigenvalue weighted by Crippen LogP contribution is -2.53. The van der Waals surface area contributed by atoms with Crippen LogP contribution in [0.3, 0.4) is 0 Å². The molecular formula is C50H40B2O3. The lowest BCUT2D eigenvalue weighted by atomic mass is 9.34. The minimum absolute atomic E-state index is 0.116. The van der Waals surface area contributed by atoms with Gasteiger partial charge in [-0.15, -0.1) is 0 Å². The molecule has 0 amide bonds. The van der Waals surface area contributed by atoms with Gasteiger partial charge >= 0.3 is 0 Å². The highest BCUT2D eigenvalue weighted by Gasteiger charge is 2.45. The van der Waals surface area contributed by atoms with Crippen LogP contribution in [0, 0.1) is 6.92 Å². The Bertz CT molecular complexity index is 3080. The van der Waals surface area contributed by atoms with Crippen molar-refractivity contribution in [2.75, 3.05) is 21.3 Å². The molecule has 0 unspecified atom stereocenters. The number of methoxy groups -OCH3 is 3. The van der Waals surface area contributed by atoms with E-state index in [0.29, 0.717) is 11.8 Å². The molecule has 3 nitrogen and oxygen atoms in total. The average Bonchev–Trinajstić information content (AvgIpc) is 3.70. The first-order valence-corrected chi connectivity index (χ1v) is 19.8. The van der Waals surface area contributed by atoms with Gasteiger partial charge < -0.3 is 14.2 Å². The molecule has 8 aromatic rings. The molecule has 0 atom stereocenters. The van der Waals surface area contributed by atoms with E-state index in [1.165, 1.54) is 126 Å². The van der Waals surface area contributed by atoms with Crippen LogP contribution < -0.4 is 47.0 Å². The first-order valence-electron chi connectivity index (χ1n) is 19.8. The molecule has 0 radical (unpaired) electrons. The maximum Gasteiger partial charge on any atom is 0.244 e. The van der Waals surface area contributed by atoms with Crippen LogP contribution in [0.1, 0.15) is 56.2 Å². The van der Waals surface area contributed by atoms with Crippen LogP contribution >= 0.6 is 0 Å². The van der Waals surface area contributed by atoms with Crippen molar-refractivity contribution in [3.8, 4) is 61.8 Å². The van der Waals surface area contributed by atoms with Crippen molar-refractivity contribution in [2.45, 2.75) is 46.5 Å². The number of fused-ring (bicyclic) bond motifs is 10. The van der Waals surface area contributed by atoms with E-state index in [-0.39, 0.29) is 13.4 Å². The summed E-state index contributed by atoms with van der Waals surface area (Å²) in [6, 6.07) is 33.2. The van der Waals surface area contributed by atoms with E-state index in [2.05, 4.69) is 120 Å². The lowest BCUT2D eigenvalue weighted by Gasteiger charge is -2.33. The zero-order valence-corrected chi connectivity index (χ0v) is 32.6. The van der Waals surface area contributed by atoms with Gasteiger partial charge in [0.05, 0.1) is 21.3 Å². The molecule has 0 aromatic heterocycles. The summed E-state index contributed by atoms with van der Waals surface area (Å²) in [7, 11) is 5.36. The van der Waals surface area contributed by atoms with Crippen molar-refractivity contribution >= 4 is 78.5 Å². The molecule has 0 N–H and O–H groups in total. The number of rotatable bonds is 5. The third-order valence-corrected chi connectivity index (χ3v) is 13.7. The Hall–Kier alpha value is -5.67. The van der Waals surface area contributed by atoms with Crippen LogP contribution in [0.25, 0.3) is 76.8 Å². The van der Waals surface area contributed by atoms with Gasteiger partial charge in [0.1, 0.15) is 17.2 Å². The third kappa shape index (κ3) is 3.75. The standard InChI is InChI=1S/C50H40B2O3/c1-23(2)29-19-33-39-17-27(54-7)15-37-31-13-25(5)9-11-41(31)51(49(37)39)43-21-35-30(24(3)4)20-34-40-18-28(55-8)16-38-32-14-26(53-6)10-12-42(32)52(50(38)40)44-22-36(29)47(45(33)43)48(35)46(34)44/h9-24H,1-8H3. The van der Waals surface area contributed by atoms with Crippen LogP contribution in [0.15, 0.2) is 84.9 Å². The molecule has 0 saturated carbocycles. The first kappa shape index (κ1) is 31.7. The predicted molar refractivity (Wildman–Crippen MR) is 234 cm³/mol. The Morgan fingerprint density at radius 1 is 0.400 bits per heavy atom. The van der Waals surface area contributed by atoms with Crippen LogP contribution in [-0.4, -0.2) is 34.8 Å². The second kappa shape index (κ2) is 10.5. The summed E-state index contributed by atoms with van der Waals surface area (Å²) in [6.07, 6.45) is 0. The fraction of sp³-hybridized carbons (Fsp3) is 0.200. The molecule has 4 aliphatic rings. The Labute approximate surface area is 322 Å². The van der Waals surface area contributed by atoms with Gasteiger partial charge in [-0.3, -0.25) is 0 Å². The summed E-state index contributed by atoms with van der Waals surface area (Å²) >= 11 is 0. The summed E-state index contributed by atoms with van der Waals surface area (Å²) in [4.78, 5) is 0. The van der Waals surface area contributed by atoms with E-state index >= 15 is 0 Å². The minimum atomic E-state index is 0.116. The highest BCUT2D eigenvalue weighted by Crippen LogP contribution is 2.50. The molecule has 0 saturated heterocycles. The van der Waals surface area contributed by atoms with Gasteiger partial charge in [0.15, 0.2) is 0 Å². The van der Waals surface area contributed by atoms with Crippen molar-refractivity contribution < 1.29 is 14.2 Å². The number of hydrogen-bond donors (Lipinski definition) is 0. The quantitative estimate of drug-likeness (QED) is 0.134. The summed E-state index contributed by atoms with van der Waals surface area (Å²) in [6.45, 7) is 12.0. The number of ether oxygens (including phenoxy) is 3. The molecule has 12 rings (SSSR count). The van der Waals surface area contributed by atoms with E-state index in [0.717, 1.165) is 17.2 Å². The Balaban J connectivity index is 1.31. The minimum Gasteiger partial charge on any atom is -0.497 e. The van der Waals surface area contributed by atoms with Gasteiger partial charge in [0, 0.05) is 0 Å². The zero-order chi connectivity index (χ0) is 37.3. The number of hydrogen-bond acceptors (Lipinski definition) is 3. The van der Waals surface area contributed by atoms with Gasteiger partial charge in [-0.05, 0) is 155 Å². The van der Waals surface area contributed by atoms with Gasteiger partial charge in [-0.25, -0.2) is 0 Å². The van der Waals surface area contributed by atoms with Crippen LogP contribution in [0.5, 0.6) is 17.2 Å². The molecule has 0 spiro atoms. The maximum atomic E-state index is 6.06. The Morgan fingerprint density at radius 3 is 1.27 bits per heavy atom. The van der Waals surface area contributed by atoms with Crippen molar-refractivity contribution in [3.63, 3.8) is 0 Å². The predicted octanol–water partition coefficient (Wildman–Crippen LogP) is 8.12.